The molecule has 0 spiro atoms. The van der Waals surface area contributed by atoms with E-state index in [2.05, 4.69) is 126 Å². The number of anilines is 1. The maximum atomic E-state index is 6.96. The van der Waals surface area contributed by atoms with Crippen LogP contribution in [0.25, 0.3) is 0 Å². The number of fused-ring (bicyclic) bond motifs is 1. The van der Waals surface area contributed by atoms with Gasteiger partial charge in [-0.3, -0.25) is 0 Å². The normalized spacial score (nSPS) is 20.3. The van der Waals surface area contributed by atoms with Crippen molar-refractivity contribution in [2.45, 2.75) is 64.7 Å². The summed E-state index contributed by atoms with van der Waals surface area (Å²) < 4.78 is 0. The molecular weight excluding hydrogens is 446 g/mol. The summed E-state index contributed by atoms with van der Waals surface area (Å²) >= 11 is 6.96. The molecule has 0 N–H and O–H groups in total. The minimum Gasteiger partial charge on any atom is -0.347 e. The summed E-state index contributed by atoms with van der Waals surface area (Å²) in [7, 11) is 2.16. The Morgan fingerprint density at radius 1 is 1.03 bits per heavy atom. The molecule has 2 aromatic carbocycles. The van der Waals surface area contributed by atoms with Crippen molar-refractivity contribution >= 4 is 17.3 Å². The number of hydrogen-bond acceptors (Lipinski definition) is 1. The van der Waals surface area contributed by atoms with Crippen LogP contribution in [0, 0.1) is 6.92 Å². The Bertz CT molecular complexity index is 1270. The maximum absolute atomic E-state index is 6.96. The van der Waals surface area contributed by atoms with E-state index in [1.54, 1.807) is 0 Å². The number of benzene rings is 2. The van der Waals surface area contributed by atoms with Crippen molar-refractivity contribution in [3.8, 4) is 0 Å². The highest BCUT2D eigenvalue weighted by molar-refractivity contribution is 6.32. The molecule has 0 saturated carbocycles. The number of likely N-dealkylation sites (N-methyl/N-ethyl adjacent to an activating group) is 1. The second-order valence-corrected chi connectivity index (χ2v) is 11.3. The van der Waals surface area contributed by atoms with Crippen molar-refractivity contribution in [1.82, 2.24) is 0 Å². The van der Waals surface area contributed by atoms with Gasteiger partial charge in [-0.1, -0.05) is 107 Å². The Balaban J connectivity index is 1.59. The molecule has 0 aromatic heterocycles. The van der Waals surface area contributed by atoms with Crippen LogP contribution in [0.1, 0.15) is 63.6 Å². The van der Waals surface area contributed by atoms with Crippen LogP contribution in [0.2, 0.25) is 0 Å². The second kappa shape index (κ2) is 9.70. The second-order valence-electron chi connectivity index (χ2n) is 10.9. The van der Waals surface area contributed by atoms with Crippen LogP contribution in [-0.2, 0) is 10.8 Å². The monoisotopic (exact) mass is 483 g/mol. The number of rotatable bonds is 5. The van der Waals surface area contributed by atoms with Crippen molar-refractivity contribution in [3.63, 3.8) is 0 Å². The maximum Gasteiger partial charge on any atom is 0.0469 e. The van der Waals surface area contributed by atoms with Crippen LogP contribution < -0.4 is 4.90 Å². The number of para-hydroxylation sites is 1. The first kappa shape index (κ1) is 25.3. The molecule has 35 heavy (non-hydrogen) atoms. The number of halogens is 1. The Labute approximate surface area is 217 Å². The Hall–Kier alpha value is -2.77. The lowest BCUT2D eigenvalue weighted by Gasteiger charge is -2.28. The van der Waals surface area contributed by atoms with Gasteiger partial charge in [0.2, 0.25) is 0 Å². The number of nitrogens with zero attached hydrogens (tertiary/aromatic N) is 1. The largest absolute Gasteiger partial charge is 0.347 e. The molecule has 1 aliphatic heterocycles. The van der Waals surface area contributed by atoms with Gasteiger partial charge in [0.15, 0.2) is 0 Å². The molecule has 4 rings (SSSR count). The predicted octanol–water partition coefficient (Wildman–Crippen LogP) is 9.30. The van der Waals surface area contributed by atoms with Crippen molar-refractivity contribution in [2.24, 2.45) is 0 Å². The molecular formula is C33H38ClN. The molecule has 2 heteroatoms. The lowest BCUT2D eigenvalue weighted by molar-refractivity contribution is 0.636. The first-order valence-corrected chi connectivity index (χ1v) is 13.0. The summed E-state index contributed by atoms with van der Waals surface area (Å²) in [5.41, 5.74) is 9.90. The molecule has 1 heterocycles. The van der Waals surface area contributed by atoms with Crippen LogP contribution in [0.4, 0.5) is 5.69 Å². The zero-order valence-corrected chi connectivity index (χ0v) is 22.8. The Morgan fingerprint density at radius 2 is 1.71 bits per heavy atom. The van der Waals surface area contributed by atoms with Gasteiger partial charge in [-0.25, -0.2) is 0 Å². The summed E-state index contributed by atoms with van der Waals surface area (Å²) in [6, 6.07) is 17.2. The van der Waals surface area contributed by atoms with E-state index in [0.717, 1.165) is 29.9 Å². The van der Waals surface area contributed by atoms with Crippen LogP contribution in [0.3, 0.4) is 0 Å². The van der Waals surface area contributed by atoms with Gasteiger partial charge < -0.3 is 4.90 Å². The van der Waals surface area contributed by atoms with E-state index in [0.29, 0.717) is 0 Å². The molecule has 0 bridgehead atoms. The summed E-state index contributed by atoms with van der Waals surface area (Å²) in [5.74, 6) is 0. The summed E-state index contributed by atoms with van der Waals surface area (Å²) in [5, 5.41) is 0.891. The summed E-state index contributed by atoms with van der Waals surface area (Å²) in [6.07, 6.45) is 12.0. The van der Waals surface area contributed by atoms with Gasteiger partial charge >= 0.3 is 0 Å². The third-order valence-corrected chi connectivity index (χ3v) is 8.43. The molecule has 0 fully saturated rings. The van der Waals surface area contributed by atoms with Gasteiger partial charge in [0, 0.05) is 34.3 Å². The number of allylic oxidation sites excluding steroid dienone is 9. The standard InChI is InChI=1S/C33H38ClN/c1-23-13-8-9-16-27(23)32(3,4)24(2)19-20-25-14-12-15-26(31(25)34)21-22-30-33(5,6)28-17-10-11-18-29(28)35(30)7/h8-11,13,16-22H,2,12,14-15H2,1,3-7H3/b20-19+,26-21+,30-22+. The highest BCUT2D eigenvalue weighted by atomic mass is 35.5. The average molecular weight is 484 g/mol. The average Bonchev–Trinajstić information content (AvgIpc) is 3.02. The molecule has 182 valence electrons. The molecule has 0 radical (unpaired) electrons. The third-order valence-electron chi connectivity index (χ3n) is 7.95. The minimum absolute atomic E-state index is 0.0329. The van der Waals surface area contributed by atoms with Crippen molar-refractivity contribution in [2.75, 3.05) is 11.9 Å². The van der Waals surface area contributed by atoms with E-state index in [1.807, 2.05) is 0 Å². The molecule has 0 amide bonds. The fourth-order valence-electron chi connectivity index (χ4n) is 5.55. The molecule has 0 unspecified atom stereocenters. The minimum atomic E-state index is -0.139. The van der Waals surface area contributed by atoms with Gasteiger partial charge in [0.1, 0.15) is 0 Å². The fourth-order valence-corrected chi connectivity index (χ4v) is 5.86. The molecule has 0 atom stereocenters. The van der Waals surface area contributed by atoms with E-state index >= 15 is 0 Å². The van der Waals surface area contributed by atoms with Crippen molar-refractivity contribution < 1.29 is 0 Å². The zero-order chi connectivity index (χ0) is 25.4. The van der Waals surface area contributed by atoms with Crippen molar-refractivity contribution in [1.29, 1.82) is 0 Å². The van der Waals surface area contributed by atoms with E-state index in [9.17, 15) is 0 Å². The smallest absolute Gasteiger partial charge is 0.0469 e. The van der Waals surface area contributed by atoms with Crippen molar-refractivity contribution in [3.05, 3.63) is 124 Å². The highest BCUT2D eigenvalue weighted by Crippen LogP contribution is 2.47. The molecule has 2 aromatic rings. The van der Waals surface area contributed by atoms with E-state index in [4.69, 9.17) is 11.6 Å². The van der Waals surface area contributed by atoms with Gasteiger partial charge in [0.25, 0.3) is 0 Å². The van der Waals surface area contributed by atoms with Crippen LogP contribution in [-0.4, -0.2) is 7.05 Å². The summed E-state index contributed by atoms with van der Waals surface area (Å²) in [4.78, 5) is 2.31. The highest BCUT2D eigenvalue weighted by Gasteiger charge is 2.37. The Morgan fingerprint density at radius 3 is 2.43 bits per heavy atom. The van der Waals surface area contributed by atoms with E-state index < -0.39 is 0 Å². The van der Waals surface area contributed by atoms with E-state index in [1.165, 1.54) is 39.2 Å². The SMILES string of the molecule is C=C(/C=C/C1=C(Cl)C(=C/C=C2/N(C)c3ccccc3C2(C)C)/CCC1)C(C)(C)c1ccccc1C. The van der Waals surface area contributed by atoms with Gasteiger partial charge in [0.05, 0.1) is 0 Å². The fraction of sp³-hybridized carbons (Fsp3) is 0.333. The van der Waals surface area contributed by atoms with Crippen LogP contribution >= 0.6 is 11.6 Å². The third kappa shape index (κ3) is 4.71. The van der Waals surface area contributed by atoms with Gasteiger partial charge in [-0.15, -0.1) is 0 Å². The van der Waals surface area contributed by atoms with Gasteiger partial charge in [-0.2, -0.15) is 0 Å². The van der Waals surface area contributed by atoms with Crippen LogP contribution in [0.15, 0.2) is 107 Å². The molecule has 1 nitrogen and oxygen atoms in total. The lowest BCUT2D eigenvalue weighted by Crippen LogP contribution is -2.22. The van der Waals surface area contributed by atoms with Crippen LogP contribution in [0.5, 0.6) is 0 Å². The first-order valence-electron chi connectivity index (χ1n) is 12.6. The first-order chi connectivity index (χ1) is 16.5. The quantitative estimate of drug-likeness (QED) is 0.383. The molecule has 1 aliphatic carbocycles. The summed E-state index contributed by atoms with van der Waals surface area (Å²) in [6.45, 7) is 15.7. The lowest BCUT2D eigenvalue weighted by atomic mass is 9.76. The zero-order valence-electron chi connectivity index (χ0n) is 22.1. The predicted molar refractivity (Wildman–Crippen MR) is 153 cm³/mol. The Kier molecular flexibility index (Phi) is 7.02. The van der Waals surface area contributed by atoms with Gasteiger partial charge in [-0.05, 0) is 71.7 Å². The number of aryl methyl sites for hydroxylation is 1. The topological polar surface area (TPSA) is 3.24 Å². The van der Waals surface area contributed by atoms with E-state index in [-0.39, 0.29) is 10.8 Å². The molecule has 2 aliphatic rings. The molecule has 0 saturated heterocycles. The number of hydrogen-bond donors (Lipinski definition) is 0.